The maximum absolute atomic E-state index is 12.5. The van der Waals surface area contributed by atoms with Gasteiger partial charge >= 0.3 is 0 Å². The van der Waals surface area contributed by atoms with Gasteiger partial charge in [-0.05, 0) is 54.7 Å². The number of amides is 1. The van der Waals surface area contributed by atoms with Crippen LogP contribution in [0.2, 0.25) is 0 Å². The molecule has 0 saturated carbocycles. The summed E-state index contributed by atoms with van der Waals surface area (Å²) in [5.74, 6) is 0.00637. The first-order valence-corrected chi connectivity index (χ1v) is 8.13. The summed E-state index contributed by atoms with van der Waals surface area (Å²) in [6.07, 6.45) is 5.93. The van der Waals surface area contributed by atoms with Crippen molar-refractivity contribution < 1.29 is 4.79 Å². The highest BCUT2D eigenvalue weighted by molar-refractivity contribution is 5.95. The lowest BCUT2D eigenvalue weighted by Gasteiger charge is -2.28. The number of nitrogens with two attached hydrogens (primary N) is 1. The van der Waals surface area contributed by atoms with Gasteiger partial charge in [-0.1, -0.05) is 26.0 Å². The van der Waals surface area contributed by atoms with Gasteiger partial charge in [-0.3, -0.25) is 9.78 Å². The standard InChI is InChI=1S/C19H25N3O/c1-3-19(4-2,14-20)18(23)22-17-7-5-15(6-8-17)13-16-9-11-21-12-10-16/h5-12H,3-4,13-14,20H2,1-2H3,(H,22,23). The molecule has 0 aliphatic rings. The molecule has 0 aliphatic carbocycles. The topological polar surface area (TPSA) is 68.0 Å². The number of nitrogens with zero attached hydrogens (tertiary/aromatic N) is 1. The van der Waals surface area contributed by atoms with Crippen LogP contribution in [-0.4, -0.2) is 17.4 Å². The van der Waals surface area contributed by atoms with E-state index in [1.54, 1.807) is 12.4 Å². The van der Waals surface area contributed by atoms with Gasteiger partial charge in [-0.2, -0.15) is 0 Å². The van der Waals surface area contributed by atoms with Gasteiger partial charge in [-0.15, -0.1) is 0 Å². The molecule has 0 spiro atoms. The lowest BCUT2D eigenvalue weighted by atomic mass is 9.81. The number of hydrogen-bond acceptors (Lipinski definition) is 3. The van der Waals surface area contributed by atoms with Crippen molar-refractivity contribution in [2.24, 2.45) is 11.1 Å². The van der Waals surface area contributed by atoms with Crippen LogP contribution in [0.15, 0.2) is 48.8 Å². The highest BCUT2D eigenvalue weighted by Crippen LogP contribution is 2.27. The molecule has 4 nitrogen and oxygen atoms in total. The van der Waals surface area contributed by atoms with E-state index in [0.717, 1.165) is 24.9 Å². The number of aromatic nitrogens is 1. The van der Waals surface area contributed by atoms with E-state index in [0.29, 0.717) is 6.54 Å². The van der Waals surface area contributed by atoms with E-state index in [9.17, 15) is 4.79 Å². The number of nitrogens with one attached hydrogen (secondary N) is 1. The van der Waals surface area contributed by atoms with Gasteiger partial charge in [-0.25, -0.2) is 0 Å². The summed E-state index contributed by atoms with van der Waals surface area (Å²) < 4.78 is 0. The molecule has 23 heavy (non-hydrogen) atoms. The predicted molar refractivity (Wildman–Crippen MR) is 94.2 cm³/mol. The molecule has 0 saturated heterocycles. The normalized spacial score (nSPS) is 11.3. The van der Waals surface area contributed by atoms with Crippen LogP contribution < -0.4 is 11.1 Å². The van der Waals surface area contributed by atoms with Crippen LogP contribution in [0.4, 0.5) is 5.69 Å². The summed E-state index contributed by atoms with van der Waals surface area (Å²) in [7, 11) is 0. The molecule has 0 atom stereocenters. The fourth-order valence-electron chi connectivity index (χ4n) is 2.66. The fourth-order valence-corrected chi connectivity index (χ4v) is 2.66. The lowest BCUT2D eigenvalue weighted by Crippen LogP contribution is -2.41. The third kappa shape index (κ3) is 4.17. The van der Waals surface area contributed by atoms with Crippen molar-refractivity contribution in [3.8, 4) is 0 Å². The Morgan fingerprint density at radius 3 is 2.13 bits per heavy atom. The summed E-state index contributed by atoms with van der Waals surface area (Å²) in [5.41, 5.74) is 8.58. The van der Waals surface area contributed by atoms with Crippen LogP contribution in [0, 0.1) is 5.41 Å². The molecule has 1 aromatic heterocycles. The molecule has 1 aromatic carbocycles. The molecule has 0 aliphatic heterocycles. The molecule has 4 heteroatoms. The van der Waals surface area contributed by atoms with Crippen molar-refractivity contribution >= 4 is 11.6 Å². The quantitative estimate of drug-likeness (QED) is 0.823. The minimum atomic E-state index is -0.476. The van der Waals surface area contributed by atoms with E-state index in [1.807, 2.05) is 50.2 Å². The van der Waals surface area contributed by atoms with Crippen molar-refractivity contribution in [1.82, 2.24) is 4.98 Å². The second-order valence-electron chi connectivity index (χ2n) is 5.87. The molecule has 0 fully saturated rings. The Bertz CT molecular complexity index is 611. The molecule has 0 bridgehead atoms. The first-order chi connectivity index (χ1) is 11.1. The predicted octanol–water partition coefficient (Wildman–Crippen LogP) is 3.38. The zero-order chi connectivity index (χ0) is 16.7. The summed E-state index contributed by atoms with van der Waals surface area (Å²) in [6, 6.07) is 12.0. The van der Waals surface area contributed by atoms with Crippen molar-refractivity contribution in [3.63, 3.8) is 0 Å². The van der Waals surface area contributed by atoms with Crippen molar-refractivity contribution in [2.45, 2.75) is 33.1 Å². The molecule has 3 N–H and O–H groups in total. The number of carbonyl (C=O) groups is 1. The van der Waals surface area contributed by atoms with E-state index >= 15 is 0 Å². The zero-order valence-corrected chi connectivity index (χ0v) is 13.9. The molecular weight excluding hydrogens is 286 g/mol. The van der Waals surface area contributed by atoms with Crippen molar-refractivity contribution in [1.29, 1.82) is 0 Å². The summed E-state index contributed by atoms with van der Waals surface area (Å²) >= 11 is 0. The molecule has 1 amide bonds. The SMILES string of the molecule is CCC(CC)(CN)C(=O)Nc1ccc(Cc2ccncc2)cc1. The maximum Gasteiger partial charge on any atom is 0.231 e. The molecule has 0 radical (unpaired) electrons. The zero-order valence-electron chi connectivity index (χ0n) is 13.9. The second kappa shape index (κ2) is 7.88. The Morgan fingerprint density at radius 1 is 1.04 bits per heavy atom. The van der Waals surface area contributed by atoms with Crippen molar-refractivity contribution in [3.05, 3.63) is 59.9 Å². The Labute approximate surface area is 138 Å². The minimum absolute atomic E-state index is 0.00637. The van der Waals surface area contributed by atoms with Gasteiger partial charge in [0.15, 0.2) is 0 Å². The summed E-state index contributed by atoms with van der Waals surface area (Å²) in [5, 5.41) is 3.00. The number of carbonyl (C=O) groups excluding carboxylic acids is 1. The number of rotatable bonds is 7. The second-order valence-corrected chi connectivity index (χ2v) is 5.87. The Morgan fingerprint density at radius 2 is 1.61 bits per heavy atom. The average Bonchev–Trinajstić information content (AvgIpc) is 2.60. The van der Waals surface area contributed by atoms with Gasteiger partial charge in [0.1, 0.15) is 0 Å². The summed E-state index contributed by atoms with van der Waals surface area (Å²) in [4.78, 5) is 16.5. The smallest absolute Gasteiger partial charge is 0.231 e. The molecule has 0 unspecified atom stereocenters. The first-order valence-electron chi connectivity index (χ1n) is 8.13. The van der Waals surface area contributed by atoms with Crippen LogP contribution in [0.1, 0.15) is 37.8 Å². The molecule has 1 heterocycles. The van der Waals surface area contributed by atoms with Gasteiger partial charge in [0.05, 0.1) is 5.41 Å². The van der Waals surface area contributed by atoms with Gasteiger partial charge < -0.3 is 11.1 Å². The van der Waals surface area contributed by atoms with E-state index in [-0.39, 0.29) is 5.91 Å². The van der Waals surface area contributed by atoms with Gasteiger partial charge in [0.2, 0.25) is 5.91 Å². The Kier molecular flexibility index (Phi) is 5.88. The van der Waals surface area contributed by atoms with Crippen LogP contribution in [0.5, 0.6) is 0 Å². The molecule has 122 valence electrons. The highest BCUT2D eigenvalue weighted by Gasteiger charge is 2.33. The molecular formula is C19H25N3O. The fraction of sp³-hybridized carbons (Fsp3) is 0.368. The number of benzene rings is 1. The van der Waals surface area contributed by atoms with Gasteiger partial charge in [0.25, 0.3) is 0 Å². The average molecular weight is 311 g/mol. The summed E-state index contributed by atoms with van der Waals surface area (Å²) in [6.45, 7) is 4.38. The first kappa shape index (κ1) is 17.2. The van der Waals surface area contributed by atoms with Crippen LogP contribution in [-0.2, 0) is 11.2 Å². The van der Waals surface area contributed by atoms with E-state index in [1.165, 1.54) is 11.1 Å². The van der Waals surface area contributed by atoms with E-state index in [2.05, 4.69) is 10.3 Å². The highest BCUT2D eigenvalue weighted by atomic mass is 16.2. The Balaban J connectivity index is 2.04. The Hall–Kier alpha value is -2.20. The van der Waals surface area contributed by atoms with Crippen LogP contribution in [0.3, 0.4) is 0 Å². The van der Waals surface area contributed by atoms with Crippen LogP contribution in [0.25, 0.3) is 0 Å². The van der Waals surface area contributed by atoms with Crippen LogP contribution >= 0.6 is 0 Å². The number of pyridine rings is 1. The lowest BCUT2D eigenvalue weighted by molar-refractivity contribution is -0.125. The monoisotopic (exact) mass is 311 g/mol. The molecule has 2 rings (SSSR count). The largest absolute Gasteiger partial charge is 0.329 e. The van der Waals surface area contributed by atoms with Gasteiger partial charge in [0, 0.05) is 24.6 Å². The van der Waals surface area contributed by atoms with E-state index in [4.69, 9.17) is 5.73 Å². The maximum atomic E-state index is 12.5. The third-order valence-electron chi connectivity index (χ3n) is 4.60. The number of hydrogen-bond donors (Lipinski definition) is 2. The third-order valence-corrected chi connectivity index (χ3v) is 4.60. The number of anilines is 1. The van der Waals surface area contributed by atoms with E-state index < -0.39 is 5.41 Å². The minimum Gasteiger partial charge on any atom is -0.329 e. The molecule has 2 aromatic rings. The van der Waals surface area contributed by atoms with Crippen molar-refractivity contribution in [2.75, 3.05) is 11.9 Å².